The Kier molecular flexibility index (Phi) is 13.7. The minimum atomic E-state index is -0.121. The lowest BCUT2D eigenvalue weighted by atomic mass is 9.78. The lowest BCUT2D eigenvalue weighted by Crippen LogP contribution is -2.17. The molecule has 0 bridgehead atoms. The van der Waals surface area contributed by atoms with E-state index < -0.39 is 0 Å². The third-order valence-corrected chi connectivity index (χ3v) is 8.06. The van der Waals surface area contributed by atoms with Gasteiger partial charge in [-0.3, -0.25) is 4.79 Å². The molecule has 1 heterocycles. The van der Waals surface area contributed by atoms with Gasteiger partial charge in [-0.2, -0.15) is 0 Å². The Morgan fingerprint density at radius 3 is 1.97 bits per heavy atom. The zero-order valence-electron chi connectivity index (χ0n) is 23.6. The summed E-state index contributed by atoms with van der Waals surface area (Å²) >= 11 is 0. The first-order chi connectivity index (χ1) is 18.2. The van der Waals surface area contributed by atoms with E-state index in [0.717, 1.165) is 24.3 Å². The first-order valence-electron chi connectivity index (χ1n) is 15.3. The largest absolute Gasteiger partial charge is 0.427 e. The Bertz CT molecular complexity index is 870. The monoisotopic (exact) mass is 506 g/mol. The Morgan fingerprint density at radius 2 is 1.32 bits per heavy atom. The van der Waals surface area contributed by atoms with Crippen molar-refractivity contribution in [1.29, 1.82) is 0 Å². The first kappa shape index (κ1) is 29.3. The highest BCUT2D eigenvalue weighted by Crippen LogP contribution is 2.34. The summed E-state index contributed by atoms with van der Waals surface area (Å²) in [6, 6.07) is 7.58. The number of aromatic nitrogens is 2. The van der Waals surface area contributed by atoms with Crippen molar-refractivity contribution >= 4 is 5.97 Å². The first-order valence-corrected chi connectivity index (χ1v) is 15.3. The van der Waals surface area contributed by atoms with E-state index in [-0.39, 0.29) is 5.97 Å². The smallest absolute Gasteiger partial charge is 0.311 e. The van der Waals surface area contributed by atoms with Crippen molar-refractivity contribution in [3.8, 4) is 17.1 Å². The zero-order valence-corrected chi connectivity index (χ0v) is 23.6. The number of rotatable bonds is 17. The molecule has 1 aliphatic carbocycles. The lowest BCUT2D eigenvalue weighted by Gasteiger charge is -2.28. The minimum Gasteiger partial charge on any atom is -0.427 e. The molecule has 1 aliphatic rings. The van der Waals surface area contributed by atoms with Gasteiger partial charge in [0, 0.05) is 24.4 Å². The molecule has 2 aromatic rings. The van der Waals surface area contributed by atoms with Crippen molar-refractivity contribution in [1.82, 2.24) is 9.97 Å². The second kappa shape index (κ2) is 17.3. The molecule has 0 radical (unpaired) electrons. The molecule has 0 saturated heterocycles. The summed E-state index contributed by atoms with van der Waals surface area (Å²) < 4.78 is 5.61. The van der Waals surface area contributed by atoms with Crippen molar-refractivity contribution in [2.24, 2.45) is 11.8 Å². The van der Waals surface area contributed by atoms with Gasteiger partial charge in [-0.25, -0.2) is 9.97 Å². The molecule has 0 aliphatic heterocycles. The Labute approximate surface area is 226 Å². The fourth-order valence-corrected chi connectivity index (χ4v) is 5.59. The van der Waals surface area contributed by atoms with Gasteiger partial charge in [0.15, 0.2) is 5.82 Å². The van der Waals surface area contributed by atoms with Crippen molar-refractivity contribution in [3.05, 3.63) is 42.2 Å². The van der Waals surface area contributed by atoms with Crippen LogP contribution in [0.1, 0.15) is 129 Å². The molecule has 4 heteroatoms. The average Bonchev–Trinajstić information content (AvgIpc) is 2.93. The number of carbonyl (C=O) groups is 1. The molecule has 3 rings (SSSR count). The predicted octanol–water partition coefficient (Wildman–Crippen LogP) is 9.51. The van der Waals surface area contributed by atoms with Gasteiger partial charge < -0.3 is 4.74 Å². The van der Waals surface area contributed by atoms with Crippen LogP contribution in [0, 0.1) is 11.8 Å². The highest BCUT2D eigenvalue weighted by Gasteiger charge is 2.21. The summed E-state index contributed by atoms with van der Waals surface area (Å²) in [6.45, 7) is 4.53. The molecule has 1 aromatic heterocycles. The van der Waals surface area contributed by atoms with Crippen LogP contribution in [0.5, 0.6) is 5.75 Å². The number of ether oxygens (including phenoxy) is 1. The summed E-state index contributed by atoms with van der Waals surface area (Å²) in [5.41, 5.74) is 2.14. The van der Waals surface area contributed by atoms with Gasteiger partial charge in [0.1, 0.15) is 5.75 Å². The second-order valence-corrected chi connectivity index (χ2v) is 11.2. The predicted molar refractivity (Wildman–Crippen MR) is 154 cm³/mol. The van der Waals surface area contributed by atoms with Crippen molar-refractivity contribution in [2.75, 3.05) is 0 Å². The highest BCUT2D eigenvalue weighted by molar-refractivity contribution is 5.72. The molecule has 0 spiro atoms. The summed E-state index contributed by atoms with van der Waals surface area (Å²) in [7, 11) is 0. The van der Waals surface area contributed by atoms with Crippen LogP contribution in [0.4, 0.5) is 0 Å². The highest BCUT2D eigenvalue weighted by atomic mass is 16.5. The van der Waals surface area contributed by atoms with Gasteiger partial charge in [-0.1, -0.05) is 104 Å². The van der Waals surface area contributed by atoms with Gasteiger partial charge in [-0.05, 0) is 60.9 Å². The quantitative estimate of drug-likeness (QED) is 0.122. The zero-order chi connectivity index (χ0) is 26.1. The van der Waals surface area contributed by atoms with E-state index in [0.29, 0.717) is 23.9 Å². The number of hydrogen-bond donors (Lipinski definition) is 0. The van der Waals surface area contributed by atoms with E-state index in [2.05, 4.69) is 23.8 Å². The summed E-state index contributed by atoms with van der Waals surface area (Å²) in [4.78, 5) is 21.5. The maximum Gasteiger partial charge on any atom is 0.311 e. The number of carbonyl (C=O) groups excluding carboxylic acids is 1. The molecular formula is C33H50N2O2. The van der Waals surface area contributed by atoms with Crippen LogP contribution in [-0.2, 0) is 11.2 Å². The Morgan fingerprint density at radius 1 is 0.757 bits per heavy atom. The molecule has 0 N–H and O–H groups in total. The summed E-state index contributed by atoms with van der Waals surface area (Å²) in [5, 5.41) is 0. The fraction of sp³-hybridized carbons (Fsp3) is 0.667. The van der Waals surface area contributed by atoms with E-state index in [9.17, 15) is 4.79 Å². The third kappa shape index (κ3) is 11.4. The maximum atomic E-state index is 12.4. The molecule has 1 saturated carbocycles. The van der Waals surface area contributed by atoms with Crippen LogP contribution >= 0.6 is 0 Å². The normalized spacial score (nSPS) is 17.6. The van der Waals surface area contributed by atoms with Gasteiger partial charge in [0.25, 0.3) is 0 Å². The molecule has 204 valence electrons. The number of benzene rings is 1. The average molecular weight is 507 g/mol. The molecule has 0 amide bonds. The Hall–Kier alpha value is -2.23. The van der Waals surface area contributed by atoms with Crippen LogP contribution in [0.15, 0.2) is 36.7 Å². The van der Waals surface area contributed by atoms with Crippen molar-refractivity contribution in [2.45, 2.75) is 129 Å². The SMILES string of the molecule is CCCCCCCCc1cnc(-c2ccc(OC(=O)CC[C@H]3CC[C@H](CCCCCC)CC3)cc2)nc1. The second-order valence-electron chi connectivity index (χ2n) is 11.2. The molecule has 0 atom stereocenters. The lowest BCUT2D eigenvalue weighted by molar-refractivity contribution is -0.134. The number of unbranched alkanes of at least 4 members (excludes halogenated alkanes) is 8. The molecular weight excluding hydrogens is 456 g/mol. The van der Waals surface area contributed by atoms with E-state index in [4.69, 9.17) is 4.74 Å². The van der Waals surface area contributed by atoms with Crippen LogP contribution in [0.25, 0.3) is 11.4 Å². The topological polar surface area (TPSA) is 52.1 Å². The van der Waals surface area contributed by atoms with Crippen LogP contribution in [0.2, 0.25) is 0 Å². The van der Waals surface area contributed by atoms with Crippen molar-refractivity contribution < 1.29 is 9.53 Å². The maximum absolute atomic E-state index is 12.4. The number of hydrogen-bond acceptors (Lipinski definition) is 4. The van der Waals surface area contributed by atoms with Gasteiger partial charge in [0.2, 0.25) is 0 Å². The number of esters is 1. The fourth-order valence-electron chi connectivity index (χ4n) is 5.59. The van der Waals surface area contributed by atoms with Crippen LogP contribution < -0.4 is 4.74 Å². The summed E-state index contributed by atoms with van der Waals surface area (Å²) in [5.74, 6) is 2.79. The van der Waals surface area contributed by atoms with E-state index in [1.165, 1.54) is 102 Å². The molecule has 0 unspecified atom stereocenters. The number of aryl methyl sites for hydroxylation is 1. The molecule has 37 heavy (non-hydrogen) atoms. The molecule has 1 fully saturated rings. The van der Waals surface area contributed by atoms with E-state index in [1.54, 1.807) is 0 Å². The van der Waals surface area contributed by atoms with Gasteiger partial charge >= 0.3 is 5.97 Å². The summed E-state index contributed by atoms with van der Waals surface area (Å²) in [6.07, 6.45) is 26.3. The van der Waals surface area contributed by atoms with E-state index in [1.807, 2.05) is 36.7 Å². The van der Waals surface area contributed by atoms with Crippen LogP contribution in [0.3, 0.4) is 0 Å². The molecule has 4 nitrogen and oxygen atoms in total. The van der Waals surface area contributed by atoms with Gasteiger partial charge in [0.05, 0.1) is 0 Å². The van der Waals surface area contributed by atoms with Crippen LogP contribution in [-0.4, -0.2) is 15.9 Å². The molecule has 1 aromatic carbocycles. The van der Waals surface area contributed by atoms with E-state index >= 15 is 0 Å². The van der Waals surface area contributed by atoms with Crippen molar-refractivity contribution in [3.63, 3.8) is 0 Å². The standard InChI is InChI=1S/C33H50N2O2/c1-3-5-7-9-10-12-14-29-25-34-33(35-26-29)30-20-22-31(23-21-30)37-32(36)24-19-28-17-15-27(16-18-28)13-11-8-6-4-2/h20-23,25-28H,3-19,24H2,1-2H3/t27-,28-. The Balaban J connectivity index is 1.33. The van der Waals surface area contributed by atoms with Gasteiger partial charge in [-0.15, -0.1) is 0 Å². The third-order valence-electron chi connectivity index (χ3n) is 8.06. The number of nitrogens with zero attached hydrogens (tertiary/aromatic N) is 2. The minimum absolute atomic E-state index is 0.121.